The van der Waals surface area contributed by atoms with Crippen LogP contribution in [0.15, 0.2) is 54.7 Å². The molecule has 1 aliphatic heterocycles. The third-order valence-electron chi connectivity index (χ3n) is 4.51. The van der Waals surface area contributed by atoms with E-state index >= 15 is 0 Å². The lowest BCUT2D eigenvalue weighted by atomic mass is 10.1. The van der Waals surface area contributed by atoms with Gasteiger partial charge in [0.05, 0.1) is 0 Å². The quantitative estimate of drug-likeness (QED) is 0.694. The Kier molecular flexibility index (Phi) is 4.31. The Morgan fingerprint density at radius 1 is 1.08 bits per heavy atom. The first-order valence-corrected chi connectivity index (χ1v) is 8.68. The topological polar surface area (TPSA) is 80.5 Å². The number of anilines is 2. The molecule has 0 bridgehead atoms. The molecular weight excluding hydrogens is 328 g/mol. The number of fused-ring (bicyclic) bond motifs is 1. The lowest BCUT2D eigenvalue weighted by Crippen LogP contribution is -2.32. The fraction of sp³-hybridized carbons (Fsp3) is 0.200. The molecule has 3 aromatic rings. The molecule has 1 aromatic heterocycles. The minimum Gasteiger partial charge on any atom is -0.457 e. The highest BCUT2D eigenvalue weighted by atomic mass is 16.5. The first kappa shape index (κ1) is 16.2. The van der Waals surface area contributed by atoms with Gasteiger partial charge in [-0.3, -0.25) is 5.32 Å². The Hall–Kier alpha value is -3.28. The lowest BCUT2D eigenvalue weighted by molar-refractivity contribution is 0.222. The molecule has 26 heavy (non-hydrogen) atoms. The molecule has 2 amide bonds. The van der Waals surface area contributed by atoms with E-state index in [9.17, 15) is 4.79 Å². The van der Waals surface area contributed by atoms with Crippen molar-refractivity contribution in [3.8, 4) is 11.5 Å². The van der Waals surface area contributed by atoms with Crippen LogP contribution in [0.2, 0.25) is 0 Å². The van der Waals surface area contributed by atoms with Crippen LogP contribution in [0.3, 0.4) is 0 Å². The molecule has 6 heteroatoms. The third kappa shape index (κ3) is 3.26. The van der Waals surface area contributed by atoms with Gasteiger partial charge in [0.15, 0.2) is 0 Å². The summed E-state index contributed by atoms with van der Waals surface area (Å²) in [5.41, 5.74) is 6.75. The number of hydrogen-bond donors (Lipinski definition) is 2. The summed E-state index contributed by atoms with van der Waals surface area (Å²) in [4.78, 5) is 18.2. The molecule has 3 N–H and O–H groups in total. The van der Waals surface area contributed by atoms with E-state index in [1.807, 2.05) is 36.4 Å². The Morgan fingerprint density at radius 3 is 2.65 bits per heavy atom. The van der Waals surface area contributed by atoms with E-state index in [-0.39, 0.29) is 6.03 Å². The van der Waals surface area contributed by atoms with Crippen LogP contribution in [0.5, 0.6) is 11.5 Å². The van der Waals surface area contributed by atoms with Crippen molar-refractivity contribution in [2.24, 2.45) is 0 Å². The molecular formula is C20H20N4O2. The minimum absolute atomic E-state index is 0.120. The van der Waals surface area contributed by atoms with Gasteiger partial charge in [0.1, 0.15) is 17.3 Å². The zero-order valence-electron chi connectivity index (χ0n) is 14.3. The van der Waals surface area contributed by atoms with Crippen molar-refractivity contribution >= 4 is 28.3 Å². The number of nitrogens with one attached hydrogen (secondary N) is 1. The number of aromatic nitrogens is 1. The van der Waals surface area contributed by atoms with Crippen LogP contribution in [0.4, 0.5) is 16.3 Å². The van der Waals surface area contributed by atoms with Gasteiger partial charge >= 0.3 is 6.03 Å². The summed E-state index contributed by atoms with van der Waals surface area (Å²) < 4.78 is 6.03. The fourth-order valence-electron chi connectivity index (χ4n) is 3.16. The van der Waals surface area contributed by atoms with Gasteiger partial charge in [0, 0.05) is 41.8 Å². The van der Waals surface area contributed by atoms with Crippen LogP contribution in [0.25, 0.3) is 10.8 Å². The summed E-state index contributed by atoms with van der Waals surface area (Å²) in [6.45, 7) is 1.58. The Labute approximate surface area is 151 Å². The van der Waals surface area contributed by atoms with E-state index in [0.29, 0.717) is 23.0 Å². The van der Waals surface area contributed by atoms with E-state index in [4.69, 9.17) is 10.5 Å². The van der Waals surface area contributed by atoms with E-state index < -0.39 is 0 Å². The van der Waals surface area contributed by atoms with Gasteiger partial charge in [-0.1, -0.05) is 24.3 Å². The zero-order chi connectivity index (χ0) is 17.9. The van der Waals surface area contributed by atoms with Gasteiger partial charge in [-0.25, -0.2) is 9.78 Å². The van der Waals surface area contributed by atoms with Gasteiger partial charge < -0.3 is 15.4 Å². The molecule has 6 nitrogen and oxygen atoms in total. The normalized spacial score (nSPS) is 13.8. The maximum absolute atomic E-state index is 12.2. The third-order valence-corrected chi connectivity index (χ3v) is 4.51. The molecule has 0 spiro atoms. The Bertz CT molecular complexity index is 951. The number of hydrogen-bond acceptors (Lipinski definition) is 4. The van der Waals surface area contributed by atoms with E-state index in [1.165, 1.54) is 0 Å². The maximum atomic E-state index is 12.2. The first-order valence-electron chi connectivity index (χ1n) is 8.68. The molecule has 0 radical (unpaired) electrons. The largest absolute Gasteiger partial charge is 0.457 e. The smallest absolute Gasteiger partial charge is 0.323 e. The molecule has 0 saturated carbocycles. The van der Waals surface area contributed by atoms with E-state index in [0.717, 1.165) is 36.7 Å². The summed E-state index contributed by atoms with van der Waals surface area (Å²) in [6.07, 6.45) is 3.72. The minimum atomic E-state index is -0.120. The number of ether oxygens (including phenoxy) is 1. The summed E-state index contributed by atoms with van der Waals surface area (Å²) in [5.74, 6) is 1.78. The highest BCUT2D eigenvalue weighted by molar-refractivity contribution is 5.97. The molecule has 0 unspecified atom stereocenters. The number of urea groups is 1. The Morgan fingerprint density at radius 2 is 1.85 bits per heavy atom. The fourth-order valence-corrected chi connectivity index (χ4v) is 3.16. The summed E-state index contributed by atoms with van der Waals surface area (Å²) in [5, 5.41) is 4.72. The van der Waals surface area contributed by atoms with Gasteiger partial charge in [-0.2, -0.15) is 0 Å². The number of carbonyl (C=O) groups is 1. The second-order valence-corrected chi connectivity index (χ2v) is 6.30. The molecule has 2 aromatic carbocycles. The van der Waals surface area contributed by atoms with Crippen molar-refractivity contribution in [3.05, 3.63) is 54.7 Å². The Balaban J connectivity index is 1.56. The number of nitrogens with zero attached hydrogens (tertiary/aromatic N) is 2. The van der Waals surface area contributed by atoms with Crippen LogP contribution in [-0.2, 0) is 0 Å². The van der Waals surface area contributed by atoms with Crippen LogP contribution in [-0.4, -0.2) is 29.0 Å². The SMILES string of the molecule is Nc1ccc(Oc2ccnc(NC(=O)N3CCCC3)c2)c2ccccc12. The van der Waals surface area contributed by atoms with Crippen LogP contribution in [0.1, 0.15) is 12.8 Å². The molecule has 1 saturated heterocycles. The molecule has 0 aliphatic carbocycles. The zero-order valence-corrected chi connectivity index (χ0v) is 14.3. The van der Waals surface area contributed by atoms with Gasteiger partial charge in [-0.05, 0) is 31.0 Å². The molecule has 2 heterocycles. The number of likely N-dealkylation sites (tertiary alicyclic amines) is 1. The summed E-state index contributed by atoms with van der Waals surface area (Å²) >= 11 is 0. The van der Waals surface area contributed by atoms with Crippen molar-refractivity contribution in [2.75, 3.05) is 24.1 Å². The number of benzene rings is 2. The number of amides is 2. The van der Waals surface area contributed by atoms with Crippen molar-refractivity contribution in [2.45, 2.75) is 12.8 Å². The highest BCUT2D eigenvalue weighted by Gasteiger charge is 2.18. The lowest BCUT2D eigenvalue weighted by Gasteiger charge is -2.16. The number of pyridine rings is 1. The maximum Gasteiger partial charge on any atom is 0.323 e. The predicted octanol–water partition coefficient (Wildman–Crippen LogP) is 4.24. The number of carbonyl (C=O) groups excluding carboxylic acids is 1. The van der Waals surface area contributed by atoms with Crippen molar-refractivity contribution in [1.82, 2.24) is 9.88 Å². The van der Waals surface area contributed by atoms with Gasteiger partial charge in [-0.15, -0.1) is 0 Å². The van der Waals surface area contributed by atoms with Crippen molar-refractivity contribution in [3.63, 3.8) is 0 Å². The molecule has 132 valence electrons. The summed E-state index contributed by atoms with van der Waals surface area (Å²) in [7, 11) is 0. The van der Waals surface area contributed by atoms with Crippen LogP contribution < -0.4 is 15.8 Å². The number of nitrogen functional groups attached to an aromatic ring is 1. The van der Waals surface area contributed by atoms with Crippen molar-refractivity contribution in [1.29, 1.82) is 0 Å². The van der Waals surface area contributed by atoms with Crippen LogP contribution >= 0.6 is 0 Å². The van der Waals surface area contributed by atoms with Crippen molar-refractivity contribution < 1.29 is 9.53 Å². The average molecular weight is 348 g/mol. The van der Waals surface area contributed by atoms with Gasteiger partial charge in [0.2, 0.25) is 0 Å². The molecule has 1 fully saturated rings. The first-order chi connectivity index (χ1) is 12.7. The monoisotopic (exact) mass is 348 g/mol. The average Bonchev–Trinajstić information content (AvgIpc) is 3.20. The number of rotatable bonds is 3. The second-order valence-electron chi connectivity index (χ2n) is 6.30. The molecule has 0 atom stereocenters. The van der Waals surface area contributed by atoms with Gasteiger partial charge in [0.25, 0.3) is 0 Å². The molecule has 1 aliphatic rings. The van der Waals surface area contributed by atoms with Crippen LogP contribution in [0, 0.1) is 0 Å². The summed E-state index contributed by atoms with van der Waals surface area (Å²) in [6, 6.07) is 14.9. The van der Waals surface area contributed by atoms with E-state index in [2.05, 4.69) is 10.3 Å². The predicted molar refractivity (Wildman–Crippen MR) is 102 cm³/mol. The van der Waals surface area contributed by atoms with E-state index in [1.54, 1.807) is 23.2 Å². The second kappa shape index (κ2) is 6.92. The number of nitrogens with two attached hydrogens (primary N) is 1. The standard InChI is InChI=1S/C20H20N4O2/c21-17-7-8-18(16-6-2-1-5-15(16)17)26-14-9-10-22-19(13-14)23-20(25)24-11-3-4-12-24/h1-2,5-10,13H,3-4,11-12,21H2,(H,22,23,25). The highest BCUT2D eigenvalue weighted by Crippen LogP contribution is 2.33. The molecule has 4 rings (SSSR count).